The van der Waals surface area contributed by atoms with E-state index in [2.05, 4.69) is 10.4 Å². The number of piperidine rings is 1. The maximum Gasteiger partial charge on any atom is 0.285 e. The van der Waals surface area contributed by atoms with Crippen molar-refractivity contribution in [1.82, 2.24) is 20.0 Å². The Hall–Kier alpha value is -1.40. The van der Waals surface area contributed by atoms with Crippen molar-refractivity contribution in [1.29, 1.82) is 0 Å². The largest absolute Gasteiger partial charge is 0.376 e. The number of nitrogens with zero attached hydrogens (tertiary/aromatic N) is 3. The lowest BCUT2D eigenvalue weighted by molar-refractivity contribution is 0.0745. The van der Waals surface area contributed by atoms with E-state index in [9.17, 15) is 4.79 Å². The zero-order valence-corrected chi connectivity index (χ0v) is 9.09. The molecule has 88 valence electrons. The Bertz CT molecular complexity index is 357. The molecule has 0 aliphatic carbocycles. The van der Waals surface area contributed by atoms with Crippen LogP contribution in [-0.4, -0.2) is 38.7 Å². The third kappa shape index (κ3) is 2.59. The molecule has 0 radical (unpaired) electrons. The van der Waals surface area contributed by atoms with Crippen molar-refractivity contribution in [3.8, 4) is 0 Å². The molecule has 2 heterocycles. The summed E-state index contributed by atoms with van der Waals surface area (Å²) < 4.78 is 1.45. The molecule has 0 unspecified atom stereocenters. The number of hydrazine groups is 1. The number of rotatable bonds is 3. The molecule has 0 atom stereocenters. The van der Waals surface area contributed by atoms with Crippen molar-refractivity contribution in [3.05, 3.63) is 18.2 Å². The quantitative estimate of drug-likeness (QED) is 0.756. The molecule has 1 aliphatic heterocycles. The fraction of sp³-hybridized carbons (Fsp3) is 0.600. The van der Waals surface area contributed by atoms with Gasteiger partial charge in [-0.2, -0.15) is 0 Å². The Kier molecular flexibility index (Phi) is 3.53. The summed E-state index contributed by atoms with van der Waals surface area (Å²) in [6.45, 7) is 1.63. The van der Waals surface area contributed by atoms with Gasteiger partial charge >= 0.3 is 0 Å². The molecule has 0 aromatic carbocycles. The number of amides is 1. The molecule has 6 nitrogen and oxygen atoms in total. The van der Waals surface area contributed by atoms with Crippen molar-refractivity contribution in [2.75, 3.05) is 13.1 Å². The van der Waals surface area contributed by atoms with E-state index in [0.29, 0.717) is 5.69 Å². The van der Waals surface area contributed by atoms with Crippen LogP contribution in [0.25, 0.3) is 0 Å². The molecule has 1 amide bonds. The molecular weight excluding hydrogens is 208 g/mol. The van der Waals surface area contributed by atoms with E-state index < -0.39 is 0 Å². The third-order valence-electron chi connectivity index (χ3n) is 2.64. The van der Waals surface area contributed by atoms with Gasteiger partial charge < -0.3 is 9.67 Å². The molecule has 1 fully saturated rings. The molecular formula is C10H16N4O2. The topological polar surface area (TPSA) is 70.4 Å². The third-order valence-corrected chi connectivity index (χ3v) is 2.64. The number of imidazole rings is 1. The summed E-state index contributed by atoms with van der Waals surface area (Å²) in [4.78, 5) is 15.6. The Morgan fingerprint density at radius 1 is 1.44 bits per heavy atom. The second-order valence-electron chi connectivity index (χ2n) is 3.90. The number of aliphatic hydroxyl groups excluding tert-OH is 1. The zero-order chi connectivity index (χ0) is 11.4. The van der Waals surface area contributed by atoms with Crippen molar-refractivity contribution >= 4 is 5.91 Å². The van der Waals surface area contributed by atoms with Gasteiger partial charge in [0.1, 0.15) is 12.4 Å². The molecule has 16 heavy (non-hydrogen) atoms. The molecule has 0 spiro atoms. The number of carbonyl (C=O) groups is 1. The molecule has 0 bridgehead atoms. The summed E-state index contributed by atoms with van der Waals surface area (Å²) in [5.74, 6) is -0.214. The molecule has 2 N–H and O–H groups in total. The van der Waals surface area contributed by atoms with Crippen LogP contribution in [0.3, 0.4) is 0 Å². The standard InChI is InChI=1S/C10H16N4O2/c15-8-13-6-9(11-7-13)10(16)12-14-4-2-1-3-5-14/h6-7,15H,1-5,8H2,(H,12,16). The second-order valence-corrected chi connectivity index (χ2v) is 3.90. The number of hydrogen-bond acceptors (Lipinski definition) is 4. The van der Waals surface area contributed by atoms with Crippen LogP contribution >= 0.6 is 0 Å². The smallest absolute Gasteiger partial charge is 0.285 e. The van der Waals surface area contributed by atoms with Gasteiger partial charge in [-0.15, -0.1) is 0 Å². The molecule has 6 heteroatoms. The van der Waals surface area contributed by atoms with Crippen LogP contribution in [0.15, 0.2) is 12.5 Å². The van der Waals surface area contributed by atoms with Gasteiger partial charge in [0.05, 0.1) is 6.33 Å². The molecule has 1 saturated heterocycles. The van der Waals surface area contributed by atoms with Crippen LogP contribution in [0.2, 0.25) is 0 Å². The fourth-order valence-corrected chi connectivity index (χ4v) is 1.76. The summed E-state index contributed by atoms with van der Waals surface area (Å²) in [5, 5.41) is 10.8. The number of hydrogen-bond donors (Lipinski definition) is 2. The van der Waals surface area contributed by atoms with Crippen LogP contribution in [0.1, 0.15) is 29.8 Å². The van der Waals surface area contributed by atoms with Crippen molar-refractivity contribution in [2.45, 2.75) is 26.0 Å². The van der Waals surface area contributed by atoms with Crippen LogP contribution < -0.4 is 5.43 Å². The highest BCUT2D eigenvalue weighted by molar-refractivity contribution is 5.91. The molecule has 0 saturated carbocycles. The van der Waals surface area contributed by atoms with Gasteiger partial charge in [-0.25, -0.2) is 9.99 Å². The summed E-state index contributed by atoms with van der Waals surface area (Å²) in [6.07, 6.45) is 6.42. The predicted molar refractivity (Wildman–Crippen MR) is 57.3 cm³/mol. The zero-order valence-electron chi connectivity index (χ0n) is 9.09. The lowest BCUT2D eigenvalue weighted by Gasteiger charge is -2.26. The van der Waals surface area contributed by atoms with Crippen molar-refractivity contribution in [3.63, 3.8) is 0 Å². The highest BCUT2D eigenvalue weighted by Crippen LogP contribution is 2.06. The lowest BCUT2D eigenvalue weighted by Crippen LogP contribution is -2.45. The van der Waals surface area contributed by atoms with Gasteiger partial charge in [0.15, 0.2) is 0 Å². The fourth-order valence-electron chi connectivity index (χ4n) is 1.76. The van der Waals surface area contributed by atoms with Gasteiger partial charge in [0.2, 0.25) is 0 Å². The highest BCUT2D eigenvalue weighted by atomic mass is 16.3. The summed E-state index contributed by atoms with van der Waals surface area (Å²) >= 11 is 0. The first-order valence-corrected chi connectivity index (χ1v) is 5.48. The first-order chi connectivity index (χ1) is 7.79. The molecule has 2 rings (SSSR count). The predicted octanol–water partition coefficient (Wildman–Crippen LogP) is -0.0364. The normalized spacial score (nSPS) is 17.3. The molecule has 1 aromatic heterocycles. The number of nitrogens with one attached hydrogen (secondary N) is 1. The van der Waals surface area contributed by atoms with Crippen molar-refractivity contribution in [2.24, 2.45) is 0 Å². The number of aliphatic hydroxyl groups is 1. The van der Waals surface area contributed by atoms with E-state index in [1.165, 1.54) is 23.5 Å². The maximum absolute atomic E-state index is 11.7. The monoisotopic (exact) mass is 224 g/mol. The van der Waals surface area contributed by atoms with Gasteiger partial charge in [0.25, 0.3) is 5.91 Å². The van der Waals surface area contributed by atoms with E-state index in [0.717, 1.165) is 25.9 Å². The summed E-state index contributed by atoms with van der Waals surface area (Å²) in [5.41, 5.74) is 3.14. The molecule has 1 aliphatic rings. The summed E-state index contributed by atoms with van der Waals surface area (Å²) in [6, 6.07) is 0. The first kappa shape index (κ1) is 11.1. The van der Waals surface area contributed by atoms with E-state index >= 15 is 0 Å². The average Bonchev–Trinajstić information content (AvgIpc) is 2.79. The van der Waals surface area contributed by atoms with Crippen molar-refractivity contribution < 1.29 is 9.90 Å². The highest BCUT2D eigenvalue weighted by Gasteiger charge is 2.15. The Morgan fingerprint density at radius 3 is 2.81 bits per heavy atom. The maximum atomic E-state index is 11.7. The van der Waals surface area contributed by atoms with E-state index in [-0.39, 0.29) is 12.6 Å². The van der Waals surface area contributed by atoms with E-state index in [1.54, 1.807) is 0 Å². The lowest BCUT2D eigenvalue weighted by atomic mass is 10.2. The van der Waals surface area contributed by atoms with E-state index in [1.807, 2.05) is 5.01 Å². The number of aromatic nitrogens is 2. The van der Waals surface area contributed by atoms with Gasteiger partial charge in [-0.1, -0.05) is 6.42 Å². The second kappa shape index (κ2) is 5.09. The van der Waals surface area contributed by atoms with Gasteiger partial charge in [-0.05, 0) is 12.8 Å². The Balaban J connectivity index is 1.91. The Morgan fingerprint density at radius 2 is 2.19 bits per heavy atom. The van der Waals surface area contributed by atoms with Crippen LogP contribution in [0.5, 0.6) is 0 Å². The minimum absolute atomic E-state index is 0.163. The summed E-state index contributed by atoms with van der Waals surface area (Å²) in [7, 11) is 0. The Labute approximate surface area is 93.9 Å². The number of carbonyl (C=O) groups excluding carboxylic acids is 1. The van der Waals surface area contributed by atoms with Crippen LogP contribution in [-0.2, 0) is 6.73 Å². The van der Waals surface area contributed by atoms with Crippen LogP contribution in [0, 0.1) is 0 Å². The van der Waals surface area contributed by atoms with E-state index in [4.69, 9.17) is 5.11 Å². The molecule has 1 aromatic rings. The van der Waals surface area contributed by atoms with Gasteiger partial charge in [0, 0.05) is 19.3 Å². The minimum Gasteiger partial charge on any atom is -0.376 e. The minimum atomic E-state index is -0.214. The SMILES string of the molecule is O=C(NN1CCCCC1)c1cn(CO)cn1. The first-order valence-electron chi connectivity index (χ1n) is 5.48. The van der Waals surface area contributed by atoms with Gasteiger partial charge in [-0.3, -0.25) is 10.2 Å². The average molecular weight is 224 g/mol. The van der Waals surface area contributed by atoms with Crippen LogP contribution in [0.4, 0.5) is 0 Å².